The molecule has 330 valence electrons. The van der Waals surface area contributed by atoms with Gasteiger partial charge in [-0.3, -0.25) is 4.79 Å². The highest BCUT2D eigenvalue weighted by Crippen LogP contribution is 2.26. The van der Waals surface area contributed by atoms with Crippen LogP contribution in [-0.2, 0) is 33.2 Å². The Morgan fingerprint density at radius 2 is 1.14 bits per heavy atom. The van der Waals surface area contributed by atoms with Crippen LogP contribution in [0.4, 0.5) is 0 Å². The number of unbranched alkanes of at least 4 members (excludes halogenated alkanes) is 9. The SMILES string of the molecule is CC/C=C\C/C=C\C/C=C\C/C=C\CCCCCCC(=O)OC(COCCCCCCCC)COC1OC(COC2OC(CO)C(O)C(O)C2O)C(O)C(O)C1O. The summed E-state index contributed by atoms with van der Waals surface area (Å²) in [6.07, 6.45) is 16.4. The second kappa shape index (κ2) is 31.8. The number of aliphatic hydroxyl groups excluding tert-OH is 7. The first-order chi connectivity index (χ1) is 27.6. The van der Waals surface area contributed by atoms with Crippen LogP contribution in [0.2, 0.25) is 0 Å². The van der Waals surface area contributed by atoms with Crippen LogP contribution in [0.1, 0.15) is 117 Å². The van der Waals surface area contributed by atoms with Crippen LogP contribution < -0.4 is 0 Å². The predicted molar refractivity (Wildman–Crippen MR) is 215 cm³/mol. The first-order valence-electron chi connectivity index (χ1n) is 21.2. The number of aliphatic hydroxyl groups is 7. The van der Waals surface area contributed by atoms with Crippen LogP contribution in [0.3, 0.4) is 0 Å². The molecule has 2 fully saturated rings. The fraction of sp³-hybridized carbons (Fsp3) is 0.791. The van der Waals surface area contributed by atoms with Crippen molar-refractivity contribution in [3.05, 3.63) is 48.6 Å². The van der Waals surface area contributed by atoms with E-state index in [1.54, 1.807) is 0 Å². The number of allylic oxidation sites excluding steroid dienone is 8. The minimum absolute atomic E-state index is 0.0488. The van der Waals surface area contributed by atoms with Gasteiger partial charge < -0.3 is 64.2 Å². The molecule has 2 aliphatic rings. The van der Waals surface area contributed by atoms with Crippen molar-refractivity contribution in [1.29, 1.82) is 0 Å². The highest BCUT2D eigenvalue weighted by atomic mass is 16.7. The summed E-state index contributed by atoms with van der Waals surface area (Å²) >= 11 is 0. The average molecular weight is 815 g/mol. The molecule has 14 nitrogen and oxygen atoms in total. The van der Waals surface area contributed by atoms with Crippen LogP contribution in [-0.4, -0.2) is 142 Å². The van der Waals surface area contributed by atoms with Crippen LogP contribution in [0.5, 0.6) is 0 Å². The van der Waals surface area contributed by atoms with Crippen molar-refractivity contribution in [3.8, 4) is 0 Å². The predicted octanol–water partition coefficient (Wildman–Crippen LogP) is 4.06. The zero-order chi connectivity index (χ0) is 41.7. The molecule has 0 aromatic carbocycles. The monoisotopic (exact) mass is 815 g/mol. The lowest BCUT2D eigenvalue weighted by molar-refractivity contribution is -0.332. The molecule has 0 aromatic rings. The lowest BCUT2D eigenvalue weighted by Gasteiger charge is -2.42. The standard InChI is InChI=1S/C43H74O14/c1-3-5-7-9-11-12-13-14-15-16-17-18-19-20-21-22-24-26-35(45)55-32(29-52-27-25-23-10-8-6-4-2)30-53-42-41(51)39(49)37(47)34(57-42)31-54-43-40(50)38(48)36(46)33(28-44)56-43/h5,7,11-12,14-15,17-18,32-34,36-44,46-51H,3-4,6,8-10,13,16,19-31H2,1-2H3/b7-5-,12-11-,15-14-,18-17-. The Balaban J connectivity index is 1.80. The van der Waals surface area contributed by atoms with Crippen LogP contribution in [0.25, 0.3) is 0 Å². The van der Waals surface area contributed by atoms with Crippen molar-refractivity contribution >= 4 is 5.97 Å². The molecule has 11 atom stereocenters. The van der Waals surface area contributed by atoms with Crippen LogP contribution in [0, 0.1) is 0 Å². The molecule has 2 aliphatic heterocycles. The van der Waals surface area contributed by atoms with Gasteiger partial charge >= 0.3 is 5.97 Å². The fourth-order valence-corrected chi connectivity index (χ4v) is 6.33. The van der Waals surface area contributed by atoms with Gasteiger partial charge in [0.05, 0.1) is 26.4 Å². The van der Waals surface area contributed by atoms with Gasteiger partial charge in [0.1, 0.15) is 54.9 Å². The van der Waals surface area contributed by atoms with Gasteiger partial charge in [-0.25, -0.2) is 0 Å². The molecule has 0 aromatic heterocycles. The zero-order valence-corrected chi connectivity index (χ0v) is 34.3. The van der Waals surface area contributed by atoms with E-state index in [-0.39, 0.29) is 19.6 Å². The van der Waals surface area contributed by atoms with Crippen molar-refractivity contribution in [1.82, 2.24) is 0 Å². The van der Waals surface area contributed by atoms with Crippen molar-refractivity contribution < 1.29 is 69.0 Å². The van der Waals surface area contributed by atoms with E-state index in [1.165, 1.54) is 12.8 Å². The zero-order valence-electron chi connectivity index (χ0n) is 34.3. The van der Waals surface area contributed by atoms with Gasteiger partial charge in [-0.1, -0.05) is 107 Å². The molecule has 11 unspecified atom stereocenters. The van der Waals surface area contributed by atoms with Gasteiger partial charge in [0.25, 0.3) is 0 Å². The van der Waals surface area contributed by atoms with E-state index in [0.29, 0.717) is 13.0 Å². The van der Waals surface area contributed by atoms with Gasteiger partial charge in [-0.15, -0.1) is 0 Å². The minimum atomic E-state index is -1.71. The van der Waals surface area contributed by atoms with E-state index in [0.717, 1.165) is 77.0 Å². The molecule has 57 heavy (non-hydrogen) atoms. The Hall–Kier alpha value is -2.05. The Morgan fingerprint density at radius 3 is 1.79 bits per heavy atom. The van der Waals surface area contributed by atoms with E-state index in [1.807, 2.05) is 0 Å². The smallest absolute Gasteiger partial charge is 0.306 e. The number of carbonyl (C=O) groups excluding carboxylic acids is 1. The third kappa shape index (κ3) is 21.2. The van der Waals surface area contributed by atoms with E-state index < -0.39 is 86.7 Å². The quantitative estimate of drug-likeness (QED) is 0.0299. The maximum absolute atomic E-state index is 12.9. The van der Waals surface area contributed by atoms with Gasteiger partial charge in [-0.05, 0) is 51.4 Å². The van der Waals surface area contributed by atoms with E-state index >= 15 is 0 Å². The lowest BCUT2D eigenvalue weighted by atomic mass is 9.98. The maximum Gasteiger partial charge on any atom is 0.306 e. The number of hydrogen-bond donors (Lipinski definition) is 7. The summed E-state index contributed by atoms with van der Waals surface area (Å²) in [6, 6.07) is 0. The van der Waals surface area contributed by atoms with Crippen molar-refractivity contribution in [2.24, 2.45) is 0 Å². The van der Waals surface area contributed by atoms with Gasteiger partial charge in [0.15, 0.2) is 12.6 Å². The first kappa shape index (κ1) is 51.1. The molecule has 14 heteroatoms. The summed E-state index contributed by atoms with van der Waals surface area (Å²) < 4.78 is 33.9. The molecule has 0 saturated carbocycles. The van der Waals surface area contributed by atoms with Crippen molar-refractivity contribution in [2.45, 2.75) is 184 Å². The molecule has 7 N–H and O–H groups in total. The largest absolute Gasteiger partial charge is 0.457 e. The van der Waals surface area contributed by atoms with E-state index in [9.17, 15) is 40.5 Å². The summed E-state index contributed by atoms with van der Waals surface area (Å²) in [4.78, 5) is 12.9. The molecule has 0 aliphatic carbocycles. The first-order valence-corrected chi connectivity index (χ1v) is 21.2. The Morgan fingerprint density at radius 1 is 0.596 bits per heavy atom. The summed E-state index contributed by atoms with van der Waals surface area (Å²) in [5.74, 6) is -0.405. The van der Waals surface area contributed by atoms with E-state index in [4.69, 9.17) is 28.4 Å². The fourth-order valence-electron chi connectivity index (χ4n) is 6.33. The average Bonchev–Trinajstić information content (AvgIpc) is 3.20. The van der Waals surface area contributed by atoms with E-state index in [2.05, 4.69) is 62.5 Å². The molecule has 0 radical (unpaired) electrons. The molecule has 2 heterocycles. The molecular weight excluding hydrogens is 740 g/mol. The summed E-state index contributed by atoms with van der Waals surface area (Å²) in [7, 11) is 0. The molecule has 0 spiro atoms. The van der Waals surface area contributed by atoms with Gasteiger partial charge in [-0.2, -0.15) is 0 Å². The molecule has 0 amide bonds. The molecule has 0 bridgehead atoms. The molecule has 2 saturated heterocycles. The normalized spacial score (nSPS) is 29.0. The van der Waals surface area contributed by atoms with Crippen molar-refractivity contribution in [3.63, 3.8) is 0 Å². The Kier molecular flexibility index (Phi) is 28.5. The third-order valence-corrected chi connectivity index (χ3v) is 9.85. The second-order valence-electron chi connectivity index (χ2n) is 14.8. The topological polar surface area (TPSA) is 214 Å². The number of ether oxygens (including phenoxy) is 6. The Labute approximate surface area is 340 Å². The van der Waals surface area contributed by atoms with Crippen molar-refractivity contribution in [2.75, 3.05) is 33.0 Å². The number of carbonyl (C=O) groups is 1. The summed E-state index contributed by atoms with van der Waals surface area (Å²) in [6.45, 7) is 3.44. The van der Waals surface area contributed by atoms with Gasteiger partial charge in [0.2, 0.25) is 0 Å². The lowest BCUT2D eigenvalue weighted by Crippen LogP contribution is -2.61. The van der Waals surface area contributed by atoms with Gasteiger partial charge in [0, 0.05) is 13.0 Å². The molecule has 2 rings (SSSR count). The highest BCUT2D eigenvalue weighted by molar-refractivity contribution is 5.69. The summed E-state index contributed by atoms with van der Waals surface area (Å²) in [5.41, 5.74) is 0. The Bertz CT molecular complexity index is 1130. The second-order valence-corrected chi connectivity index (χ2v) is 14.8. The highest BCUT2D eigenvalue weighted by Gasteiger charge is 2.47. The number of esters is 1. The number of hydrogen-bond acceptors (Lipinski definition) is 14. The van der Waals surface area contributed by atoms with Crippen LogP contribution in [0.15, 0.2) is 48.6 Å². The number of rotatable bonds is 31. The minimum Gasteiger partial charge on any atom is -0.457 e. The van der Waals surface area contributed by atoms with Crippen LogP contribution >= 0.6 is 0 Å². The summed E-state index contributed by atoms with van der Waals surface area (Å²) in [5, 5.41) is 71.6. The third-order valence-electron chi connectivity index (χ3n) is 9.85. The maximum atomic E-state index is 12.9. The molecular formula is C43H74O14.